The zero-order valence-corrected chi connectivity index (χ0v) is 39.4. The van der Waals surface area contributed by atoms with Crippen LogP contribution in [0.3, 0.4) is 0 Å². The molecule has 356 valence electrons. The molecule has 0 amide bonds. The molecule has 9 aromatic rings. The minimum Gasteiger partial charge on any atom is -0.452 e. The summed E-state index contributed by atoms with van der Waals surface area (Å²) < 4.78 is 34.7. The maximum absolute atomic E-state index is 14.7. The summed E-state index contributed by atoms with van der Waals surface area (Å²) in [4.78, 5) is 44.0. The molecule has 0 aliphatic heterocycles. The van der Waals surface area contributed by atoms with Gasteiger partial charge in [-0.2, -0.15) is 0 Å². The molecule has 0 aliphatic rings. The quantitative estimate of drug-likeness (QED) is 0.0423. The normalized spacial score (nSPS) is 12.7. The van der Waals surface area contributed by atoms with Crippen molar-refractivity contribution >= 4 is 17.9 Å². The standard InChI is InChI=1S/C64H52O8/c65-60(48-28-10-1-11-29-48)70-57(46-68-63(51-34-16-4-17-35-51,52-36-18-5-19-37-52)53-38-20-6-21-39-53)59(72-62(67)50-32-14-3-15-33-50)58(71-61(66)49-30-12-2-13-31-49)47-69-64(54-40-22-7-23-41-54,55-42-24-8-25-43-55)56-44-26-9-27-45-56/h1-45,57-59H,46-47H2. The van der Waals surface area contributed by atoms with Crippen LogP contribution in [0, 0.1) is 0 Å². The third-order valence-corrected chi connectivity index (χ3v) is 12.5. The SMILES string of the molecule is O=C(OC(COC(c1ccccc1)(c1ccccc1)c1ccccc1)C(OC(=O)c1ccccc1)C(COC(c1ccccc1)(c1ccccc1)c1ccccc1)OC(=O)c1ccccc1)c1ccccc1. The lowest BCUT2D eigenvalue weighted by Crippen LogP contribution is -2.51. The van der Waals surface area contributed by atoms with Crippen molar-refractivity contribution in [3.8, 4) is 0 Å². The summed E-state index contributed by atoms with van der Waals surface area (Å²) in [5, 5.41) is 0. The van der Waals surface area contributed by atoms with E-state index in [4.69, 9.17) is 23.7 Å². The number of esters is 3. The van der Waals surface area contributed by atoms with Crippen molar-refractivity contribution < 1.29 is 38.1 Å². The van der Waals surface area contributed by atoms with Gasteiger partial charge in [0.2, 0.25) is 0 Å². The topological polar surface area (TPSA) is 97.4 Å². The van der Waals surface area contributed by atoms with Gasteiger partial charge in [0, 0.05) is 0 Å². The predicted octanol–water partition coefficient (Wildman–Crippen LogP) is 12.7. The molecule has 2 atom stereocenters. The maximum atomic E-state index is 14.7. The molecular weight excluding hydrogens is 897 g/mol. The van der Waals surface area contributed by atoms with Crippen LogP contribution >= 0.6 is 0 Å². The molecule has 0 N–H and O–H groups in total. The Bertz CT molecular complexity index is 2710. The molecule has 9 rings (SSSR count). The van der Waals surface area contributed by atoms with Gasteiger partial charge in [-0.15, -0.1) is 0 Å². The Balaban J connectivity index is 1.24. The van der Waals surface area contributed by atoms with Gasteiger partial charge in [0.1, 0.15) is 11.2 Å². The van der Waals surface area contributed by atoms with E-state index in [2.05, 4.69) is 0 Å². The molecule has 0 saturated heterocycles. The van der Waals surface area contributed by atoms with Crippen molar-refractivity contribution in [2.75, 3.05) is 13.2 Å². The first-order chi connectivity index (χ1) is 35.5. The fraction of sp³-hybridized carbons (Fsp3) is 0.109. The lowest BCUT2D eigenvalue weighted by molar-refractivity contribution is -0.143. The van der Waals surface area contributed by atoms with E-state index in [0.29, 0.717) is 0 Å². The van der Waals surface area contributed by atoms with Crippen LogP contribution in [0.15, 0.2) is 273 Å². The second-order valence-corrected chi connectivity index (χ2v) is 17.0. The Morgan fingerprint density at radius 2 is 0.472 bits per heavy atom. The zero-order valence-electron chi connectivity index (χ0n) is 39.4. The molecule has 8 nitrogen and oxygen atoms in total. The zero-order chi connectivity index (χ0) is 49.4. The summed E-state index contributed by atoms with van der Waals surface area (Å²) in [6.07, 6.45) is -4.49. The Kier molecular flexibility index (Phi) is 15.6. The van der Waals surface area contributed by atoms with Gasteiger partial charge in [-0.1, -0.05) is 237 Å². The fourth-order valence-electron chi connectivity index (χ4n) is 9.06. The highest BCUT2D eigenvalue weighted by atomic mass is 16.6. The molecule has 0 aliphatic carbocycles. The van der Waals surface area contributed by atoms with Crippen LogP contribution in [-0.4, -0.2) is 49.4 Å². The molecule has 0 fully saturated rings. The van der Waals surface area contributed by atoms with Crippen LogP contribution in [-0.2, 0) is 34.9 Å². The molecular formula is C64H52O8. The first-order valence-corrected chi connectivity index (χ1v) is 23.8. The van der Waals surface area contributed by atoms with E-state index in [1.807, 2.05) is 182 Å². The number of carbonyl (C=O) groups is 3. The van der Waals surface area contributed by atoms with Crippen molar-refractivity contribution in [3.05, 3.63) is 323 Å². The van der Waals surface area contributed by atoms with Crippen molar-refractivity contribution in [2.24, 2.45) is 0 Å². The molecule has 0 heterocycles. The van der Waals surface area contributed by atoms with E-state index >= 15 is 0 Å². The predicted molar refractivity (Wildman–Crippen MR) is 277 cm³/mol. The van der Waals surface area contributed by atoms with Gasteiger partial charge < -0.3 is 23.7 Å². The fourth-order valence-corrected chi connectivity index (χ4v) is 9.06. The minimum atomic E-state index is -1.57. The third-order valence-electron chi connectivity index (χ3n) is 12.5. The Morgan fingerprint density at radius 3 is 0.694 bits per heavy atom. The van der Waals surface area contributed by atoms with Gasteiger partial charge in [0.25, 0.3) is 0 Å². The smallest absolute Gasteiger partial charge is 0.338 e. The Morgan fingerprint density at radius 1 is 0.278 bits per heavy atom. The first kappa shape index (κ1) is 48.3. The molecule has 0 saturated carbocycles. The minimum absolute atomic E-state index is 0.213. The highest BCUT2D eigenvalue weighted by molar-refractivity contribution is 5.91. The van der Waals surface area contributed by atoms with E-state index in [1.54, 1.807) is 91.0 Å². The summed E-state index contributed by atoms with van der Waals surface area (Å²) in [5.41, 5.74) is 2.74. The number of carbonyl (C=O) groups excluding carboxylic acids is 3. The average molecular weight is 949 g/mol. The van der Waals surface area contributed by atoms with Crippen molar-refractivity contribution in [1.82, 2.24) is 0 Å². The van der Waals surface area contributed by atoms with E-state index in [0.717, 1.165) is 33.4 Å². The van der Waals surface area contributed by atoms with Crippen molar-refractivity contribution in [3.63, 3.8) is 0 Å². The molecule has 2 unspecified atom stereocenters. The first-order valence-electron chi connectivity index (χ1n) is 23.8. The number of hydrogen-bond donors (Lipinski definition) is 0. The summed E-state index contributed by atoms with van der Waals surface area (Å²) >= 11 is 0. The number of benzene rings is 9. The van der Waals surface area contributed by atoms with Crippen LogP contribution in [0.5, 0.6) is 0 Å². The van der Waals surface area contributed by atoms with Crippen LogP contribution in [0.25, 0.3) is 0 Å². The van der Waals surface area contributed by atoms with E-state index in [1.165, 1.54) is 0 Å². The van der Waals surface area contributed by atoms with Gasteiger partial charge in [-0.05, 0) is 69.8 Å². The summed E-state index contributed by atoms with van der Waals surface area (Å²) in [5.74, 6) is -2.21. The monoisotopic (exact) mass is 948 g/mol. The second-order valence-electron chi connectivity index (χ2n) is 17.0. The molecule has 0 radical (unpaired) electrons. The molecule has 0 spiro atoms. The highest BCUT2D eigenvalue weighted by Crippen LogP contribution is 2.43. The van der Waals surface area contributed by atoms with Crippen molar-refractivity contribution in [2.45, 2.75) is 29.5 Å². The van der Waals surface area contributed by atoms with Crippen LogP contribution in [0.2, 0.25) is 0 Å². The van der Waals surface area contributed by atoms with E-state index in [-0.39, 0.29) is 29.9 Å². The van der Waals surface area contributed by atoms with E-state index < -0.39 is 47.4 Å². The van der Waals surface area contributed by atoms with Gasteiger partial charge in [0.15, 0.2) is 18.3 Å². The molecule has 9 aromatic carbocycles. The van der Waals surface area contributed by atoms with Crippen molar-refractivity contribution in [1.29, 1.82) is 0 Å². The lowest BCUT2D eigenvalue weighted by Gasteiger charge is -2.40. The molecule has 0 bridgehead atoms. The molecule has 0 aromatic heterocycles. The van der Waals surface area contributed by atoms with Gasteiger partial charge in [-0.25, -0.2) is 14.4 Å². The molecule has 8 heteroatoms. The largest absolute Gasteiger partial charge is 0.452 e. The summed E-state index contributed by atoms with van der Waals surface area (Å²) in [7, 11) is 0. The Labute approximate surface area is 420 Å². The number of hydrogen-bond acceptors (Lipinski definition) is 8. The summed E-state index contributed by atoms with van der Waals surface area (Å²) in [6, 6.07) is 84.1. The average Bonchev–Trinajstić information content (AvgIpc) is 3.46. The number of ether oxygens (including phenoxy) is 5. The summed E-state index contributed by atoms with van der Waals surface area (Å²) in [6.45, 7) is -0.769. The Hall–Kier alpha value is -8.69. The van der Waals surface area contributed by atoms with E-state index in [9.17, 15) is 14.4 Å². The molecule has 72 heavy (non-hydrogen) atoms. The van der Waals surface area contributed by atoms with Gasteiger partial charge in [-0.3, -0.25) is 0 Å². The van der Waals surface area contributed by atoms with Gasteiger partial charge in [0.05, 0.1) is 29.9 Å². The van der Waals surface area contributed by atoms with Crippen LogP contribution in [0.1, 0.15) is 64.5 Å². The van der Waals surface area contributed by atoms with Crippen LogP contribution < -0.4 is 0 Å². The third kappa shape index (κ3) is 10.9. The maximum Gasteiger partial charge on any atom is 0.338 e. The highest BCUT2D eigenvalue weighted by Gasteiger charge is 2.46. The number of rotatable bonds is 20. The second kappa shape index (κ2) is 23.3. The van der Waals surface area contributed by atoms with Gasteiger partial charge >= 0.3 is 17.9 Å². The van der Waals surface area contributed by atoms with Crippen LogP contribution in [0.4, 0.5) is 0 Å². The lowest BCUT2D eigenvalue weighted by atomic mass is 9.80.